The molecular weight excluding hydrogens is 468 g/mol. The van der Waals surface area contributed by atoms with Gasteiger partial charge in [-0.05, 0) is 30.2 Å². The Hall–Kier alpha value is -3.81. The van der Waals surface area contributed by atoms with Crippen LogP contribution in [0.15, 0.2) is 77.6 Å². The first kappa shape index (κ1) is 20.8. The number of hydrogen-bond donors (Lipinski definition) is 0. The van der Waals surface area contributed by atoms with Gasteiger partial charge in [-0.25, -0.2) is 0 Å². The van der Waals surface area contributed by atoms with Gasteiger partial charge < -0.3 is 4.90 Å². The fourth-order valence-corrected chi connectivity index (χ4v) is 5.47. The van der Waals surface area contributed by atoms with Crippen LogP contribution in [0.5, 0.6) is 0 Å². The predicted molar refractivity (Wildman–Crippen MR) is 134 cm³/mol. The Morgan fingerprint density at radius 2 is 1.62 bits per heavy atom. The van der Waals surface area contributed by atoms with Gasteiger partial charge in [-0.3, -0.25) is 9.59 Å². The smallest absolute Gasteiger partial charge is 0.291 e. The molecule has 34 heavy (non-hydrogen) atoms. The van der Waals surface area contributed by atoms with E-state index in [4.69, 9.17) is 11.6 Å². The van der Waals surface area contributed by atoms with Crippen molar-refractivity contribution in [2.75, 3.05) is 4.90 Å². The van der Waals surface area contributed by atoms with Crippen LogP contribution in [0, 0.1) is 6.92 Å². The van der Waals surface area contributed by atoms with Crippen molar-refractivity contribution in [1.29, 1.82) is 0 Å². The molecule has 0 fully saturated rings. The summed E-state index contributed by atoms with van der Waals surface area (Å²) in [4.78, 5) is 33.7. The van der Waals surface area contributed by atoms with E-state index in [0.29, 0.717) is 32.5 Å². The maximum Gasteiger partial charge on any atom is 0.291 e. The van der Waals surface area contributed by atoms with Crippen LogP contribution >= 0.6 is 22.9 Å². The van der Waals surface area contributed by atoms with Crippen molar-refractivity contribution in [3.05, 3.63) is 109 Å². The molecule has 3 heterocycles. The van der Waals surface area contributed by atoms with Gasteiger partial charge in [0.15, 0.2) is 5.82 Å². The van der Waals surface area contributed by atoms with Crippen LogP contribution < -0.4 is 15.0 Å². The molecule has 0 N–H and O–H groups in total. The van der Waals surface area contributed by atoms with E-state index in [1.54, 1.807) is 11.0 Å². The van der Waals surface area contributed by atoms with E-state index < -0.39 is 0 Å². The number of carbonyl (C=O) groups is 1. The highest BCUT2D eigenvalue weighted by Gasteiger charge is 2.34. The third kappa shape index (κ3) is 3.16. The largest absolute Gasteiger partial charge is 0.303 e. The summed E-state index contributed by atoms with van der Waals surface area (Å²) in [6, 6.07) is 22.7. The second-order valence-electron chi connectivity index (χ2n) is 8.06. The maximum absolute atomic E-state index is 13.6. The summed E-state index contributed by atoms with van der Waals surface area (Å²) in [6.45, 7) is 2.29. The van der Waals surface area contributed by atoms with Crippen LogP contribution in [0.2, 0.25) is 5.02 Å². The van der Waals surface area contributed by atoms with Crippen LogP contribution in [0.3, 0.4) is 0 Å². The number of nitrogens with zero attached hydrogens (tertiary/aromatic N) is 4. The zero-order chi connectivity index (χ0) is 23.4. The number of hydrogen-bond acceptors (Lipinski definition) is 5. The zero-order valence-electron chi connectivity index (χ0n) is 18.0. The third-order valence-corrected chi connectivity index (χ3v) is 7.38. The first-order chi connectivity index (χ1) is 16.5. The average molecular weight is 485 g/mol. The molecule has 1 amide bonds. The monoisotopic (exact) mass is 484 g/mol. The molecule has 0 spiro atoms. The van der Waals surface area contributed by atoms with Crippen LogP contribution in [0.1, 0.15) is 16.7 Å². The highest BCUT2D eigenvalue weighted by molar-refractivity contribution is 7.15. The molecule has 2 aromatic heterocycles. The molecule has 166 valence electrons. The Kier molecular flexibility index (Phi) is 4.83. The third-order valence-electron chi connectivity index (χ3n) is 5.98. The highest BCUT2D eigenvalue weighted by atomic mass is 35.5. The summed E-state index contributed by atoms with van der Waals surface area (Å²) in [6.07, 6.45) is 0. The minimum absolute atomic E-state index is 0.234. The fraction of sp³-hybridized carbons (Fsp3) is 0.0769. The number of aromatic nitrogens is 3. The number of para-hydroxylation sites is 1. The minimum Gasteiger partial charge on any atom is -0.303 e. The molecule has 0 saturated heterocycles. The second-order valence-corrected chi connectivity index (χ2v) is 9.44. The summed E-state index contributed by atoms with van der Waals surface area (Å²) in [5, 5.41) is 5.05. The summed E-state index contributed by atoms with van der Waals surface area (Å²) in [5.74, 6) is 0.262. The van der Waals surface area contributed by atoms with E-state index in [9.17, 15) is 9.59 Å². The van der Waals surface area contributed by atoms with Gasteiger partial charge in [0, 0.05) is 16.1 Å². The van der Waals surface area contributed by atoms with Crippen molar-refractivity contribution in [2.24, 2.45) is 0 Å². The van der Waals surface area contributed by atoms with Crippen molar-refractivity contribution in [3.63, 3.8) is 0 Å². The summed E-state index contributed by atoms with van der Waals surface area (Å²) >= 11 is 7.55. The molecule has 1 aliphatic heterocycles. The van der Waals surface area contributed by atoms with Gasteiger partial charge in [-0.2, -0.15) is 9.50 Å². The average Bonchev–Trinajstić information content (AvgIpc) is 3.47. The van der Waals surface area contributed by atoms with Gasteiger partial charge in [0.25, 0.3) is 11.5 Å². The van der Waals surface area contributed by atoms with Crippen molar-refractivity contribution >= 4 is 45.1 Å². The van der Waals surface area contributed by atoms with E-state index in [2.05, 4.69) is 10.1 Å². The lowest BCUT2D eigenvalue weighted by molar-refractivity contribution is -0.113. The summed E-state index contributed by atoms with van der Waals surface area (Å²) in [5.41, 5.74) is 4.24. The molecule has 0 aliphatic carbocycles. The fourth-order valence-electron chi connectivity index (χ4n) is 4.28. The molecule has 6 rings (SSSR count). The molecule has 1 aliphatic rings. The number of aryl methyl sites for hydroxylation is 1. The molecule has 0 saturated carbocycles. The van der Waals surface area contributed by atoms with Gasteiger partial charge in [0.1, 0.15) is 4.53 Å². The van der Waals surface area contributed by atoms with Gasteiger partial charge in [0.2, 0.25) is 4.96 Å². The van der Waals surface area contributed by atoms with Gasteiger partial charge in [-0.15, -0.1) is 5.10 Å². The SMILES string of the molecule is Cc1ccccc1-c1nc2s/c(=C3\C(=O)N(Cc4ccccc4Cl)c4ccccc43)c(=O)n2n1. The van der Waals surface area contributed by atoms with Gasteiger partial charge >= 0.3 is 0 Å². The number of rotatable bonds is 3. The van der Waals surface area contributed by atoms with Crippen molar-refractivity contribution in [2.45, 2.75) is 13.5 Å². The molecule has 0 atom stereocenters. The lowest BCUT2D eigenvalue weighted by Crippen LogP contribution is -2.32. The number of carbonyl (C=O) groups excluding carboxylic acids is 1. The topological polar surface area (TPSA) is 67.6 Å². The Morgan fingerprint density at radius 1 is 0.912 bits per heavy atom. The Labute approximate surface area is 203 Å². The Balaban J connectivity index is 1.51. The standard InChI is InChI=1S/C26H17ClN4O2S/c1-15-8-2-4-10-17(15)23-28-26-31(29-23)25(33)22(34-26)21-18-11-5-7-13-20(18)30(24(21)32)14-16-9-3-6-12-19(16)27/h2-13H,14H2,1H3/b22-21-. The molecule has 5 aromatic rings. The van der Waals surface area contributed by atoms with Crippen molar-refractivity contribution in [1.82, 2.24) is 14.6 Å². The molecule has 3 aromatic carbocycles. The number of benzene rings is 3. The molecule has 8 heteroatoms. The number of anilines is 1. The quantitative estimate of drug-likeness (QED) is 0.384. The van der Waals surface area contributed by atoms with Gasteiger partial charge in [0.05, 0.1) is 17.8 Å². The molecular formula is C26H17ClN4O2S. The summed E-state index contributed by atoms with van der Waals surface area (Å²) in [7, 11) is 0. The molecule has 6 nitrogen and oxygen atoms in total. The van der Waals surface area contributed by atoms with Crippen molar-refractivity contribution in [3.8, 4) is 11.4 Å². The van der Waals surface area contributed by atoms with E-state index >= 15 is 0 Å². The first-order valence-corrected chi connectivity index (χ1v) is 11.9. The Morgan fingerprint density at radius 3 is 2.38 bits per heavy atom. The lowest BCUT2D eigenvalue weighted by Gasteiger charge is -2.17. The van der Waals surface area contributed by atoms with E-state index in [-0.39, 0.29) is 11.5 Å². The number of halogens is 1. The number of thiazole rings is 1. The zero-order valence-corrected chi connectivity index (χ0v) is 19.6. The summed E-state index contributed by atoms with van der Waals surface area (Å²) < 4.78 is 1.63. The van der Waals surface area contributed by atoms with Crippen LogP contribution in [-0.4, -0.2) is 20.5 Å². The van der Waals surface area contributed by atoms with Crippen LogP contribution in [-0.2, 0) is 11.3 Å². The molecule has 0 radical (unpaired) electrons. The minimum atomic E-state index is -0.343. The number of fused-ring (bicyclic) bond motifs is 2. The Bertz CT molecular complexity index is 1720. The number of amides is 1. The van der Waals surface area contributed by atoms with E-state index in [0.717, 1.165) is 27.9 Å². The van der Waals surface area contributed by atoms with Crippen LogP contribution in [0.4, 0.5) is 5.69 Å². The predicted octanol–water partition coefficient (Wildman–Crippen LogP) is 4.24. The van der Waals surface area contributed by atoms with E-state index in [1.165, 1.54) is 15.9 Å². The van der Waals surface area contributed by atoms with E-state index in [1.807, 2.05) is 73.7 Å². The van der Waals surface area contributed by atoms with Gasteiger partial charge in [-0.1, -0.05) is 83.6 Å². The first-order valence-electron chi connectivity index (χ1n) is 10.7. The molecule has 0 unspecified atom stereocenters. The maximum atomic E-state index is 13.6. The van der Waals surface area contributed by atoms with Crippen LogP contribution in [0.25, 0.3) is 21.9 Å². The molecule has 0 bridgehead atoms. The lowest BCUT2D eigenvalue weighted by atomic mass is 10.1. The normalized spacial score (nSPS) is 14.8. The highest BCUT2D eigenvalue weighted by Crippen LogP contribution is 2.37. The second kappa shape index (κ2) is 7.90. The van der Waals surface area contributed by atoms with Crippen molar-refractivity contribution < 1.29 is 4.79 Å².